The molecule has 0 bridgehead atoms. The summed E-state index contributed by atoms with van der Waals surface area (Å²) in [6.07, 6.45) is 5.35. The summed E-state index contributed by atoms with van der Waals surface area (Å²) >= 11 is 0. The highest BCUT2D eigenvalue weighted by Crippen LogP contribution is 2.43. The molecule has 2 fully saturated rings. The Morgan fingerprint density at radius 2 is 1.87 bits per heavy atom. The lowest BCUT2D eigenvalue weighted by Crippen LogP contribution is -2.55. The lowest BCUT2D eigenvalue weighted by atomic mass is 9.95. The Bertz CT molecular complexity index is 920. The number of carbonyl (C=O) groups is 2. The molecule has 1 aliphatic heterocycles. The van der Waals surface area contributed by atoms with Gasteiger partial charge in [-0.15, -0.1) is 0 Å². The van der Waals surface area contributed by atoms with Crippen molar-refractivity contribution in [2.45, 2.75) is 81.8 Å². The zero-order chi connectivity index (χ0) is 22.6. The van der Waals surface area contributed by atoms with Gasteiger partial charge in [0.05, 0.1) is 4.90 Å². The fraction of sp³-hybridized carbons (Fsp3) is 0.667. The van der Waals surface area contributed by atoms with Gasteiger partial charge in [0.1, 0.15) is 0 Å². The molecule has 2 aliphatic rings. The van der Waals surface area contributed by atoms with Gasteiger partial charge in [-0.1, -0.05) is 31.9 Å². The second kappa shape index (κ2) is 9.72. The van der Waals surface area contributed by atoms with Gasteiger partial charge in [-0.3, -0.25) is 9.59 Å². The highest BCUT2D eigenvalue weighted by molar-refractivity contribution is 7.93. The third-order valence-electron chi connectivity index (χ3n) is 6.82. The molecule has 0 spiro atoms. The second-order valence-electron chi connectivity index (χ2n) is 9.29. The molecule has 172 valence electrons. The van der Waals surface area contributed by atoms with Gasteiger partial charge in [0.15, 0.2) is 14.6 Å². The summed E-state index contributed by atoms with van der Waals surface area (Å²) in [6.45, 7) is 7.29. The Balaban J connectivity index is 1.83. The standard InChI is InChI=1S/C24H36N2O4S/c1-4-8-22(27)25-16-20-9-7-14-26(17-20)23(28)24(12-5-6-13-24)31(29,30)21-15-18(2)10-11-19(21)3/h10-11,15,20H,4-9,12-14,16-17H2,1-3H3,(H,25,27). The molecular formula is C24H36N2O4S. The van der Waals surface area contributed by atoms with Crippen LogP contribution in [0, 0.1) is 19.8 Å². The average molecular weight is 449 g/mol. The predicted molar refractivity (Wildman–Crippen MR) is 122 cm³/mol. The van der Waals surface area contributed by atoms with Crippen LogP contribution in [0.5, 0.6) is 0 Å². The van der Waals surface area contributed by atoms with Crippen LogP contribution in [0.1, 0.15) is 69.4 Å². The number of hydrogen-bond donors (Lipinski definition) is 1. The number of carbonyl (C=O) groups excluding carboxylic acids is 2. The highest BCUT2D eigenvalue weighted by Gasteiger charge is 2.55. The van der Waals surface area contributed by atoms with Crippen LogP contribution in [-0.4, -0.2) is 49.5 Å². The minimum Gasteiger partial charge on any atom is -0.356 e. The summed E-state index contributed by atoms with van der Waals surface area (Å²) in [7, 11) is -3.81. The van der Waals surface area contributed by atoms with E-state index in [0.717, 1.165) is 37.7 Å². The number of nitrogens with one attached hydrogen (secondary N) is 1. The summed E-state index contributed by atoms with van der Waals surface area (Å²) in [6, 6.07) is 5.44. The van der Waals surface area contributed by atoms with Gasteiger partial charge in [0, 0.05) is 26.1 Å². The van der Waals surface area contributed by atoms with E-state index < -0.39 is 14.6 Å². The molecular weight excluding hydrogens is 412 g/mol. The molecule has 1 aromatic carbocycles. The number of benzene rings is 1. The van der Waals surface area contributed by atoms with Crippen LogP contribution in [0.2, 0.25) is 0 Å². The first-order valence-corrected chi connectivity index (χ1v) is 13.1. The molecule has 1 unspecified atom stereocenters. The van der Waals surface area contributed by atoms with E-state index in [0.29, 0.717) is 49.4 Å². The molecule has 0 radical (unpaired) electrons. The van der Waals surface area contributed by atoms with E-state index in [-0.39, 0.29) is 17.7 Å². The molecule has 1 aromatic rings. The largest absolute Gasteiger partial charge is 0.356 e. The van der Waals surface area contributed by atoms with Gasteiger partial charge in [-0.05, 0) is 69.1 Å². The van der Waals surface area contributed by atoms with E-state index in [2.05, 4.69) is 5.32 Å². The molecule has 1 aliphatic carbocycles. The van der Waals surface area contributed by atoms with Crippen molar-refractivity contribution in [2.75, 3.05) is 19.6 Å². The molecule has 1 N–H and O–H groups in total. The molecule has 31 heavy (non-hydrogen) atoms. The monoisotopic (exact) mass is 448 g/mol. The number of piperidine rings is 1. The van der Waals surface area contributed by atoms with Crippen molar-refractivity contribution in [3.8, 4) is 0 Å². The Kier molecular flexibility index (Phi) is 7.45. The number of likely N-dealkylation sites (tertiary alicyclic amines) is 1. The molecule has 1 atom stereocenters. The van der Waals surface area contributed by atoms with E-state index in [1.165, 1.54) is 0 Å². The van der Waals surface area contributed by atoms with Crippen LogP contribution in [0.3, 0.4) is 0 Å². The molecule has 7 heteroatoms. The van der Waals surface area contributed by atoms with Crippen LogP contribution in [0.15, 0.2) is 23.1 Å². The smallest absolute Gasteiger partial charge is 0.244 e. The highest BCUT2D eigenvalue weighted by atomic mass is 32.2. The molecule has 1 heterocycles. The Morgan fingerprint density at radius 1 is 1.16 bits per heavy atom. The summed E-state index contributed by atoms with van der Waals surface area (Å²) in [5.74, 6) is -0.0356. The lowest BCUT2D eigenvalue weighted by Gasteiger charge is -2.39. The van der Waals surface area contributed by atoms with E-state index in [9.17, 15) is 18.0 Å². The number of sulfone groups is 1. The topological polar surface area (TPSA) is 83.6 Å². The van der Waals surface area contributed by atoms with Crippen molar-refractivity contribution in [3.63, 3.8) is 0 Å². The van der Waals surface area contributed by atoms with Crippen LogP contribution in [0.25, 0.3) is 0 Å². The molecule has 0 aromatic heterocycles. The third-order valence-corrected chi connectivity index (χ3v) is 9.45. The van der Waals surface area contributed by atoms with Crippen LogP contribution >= 0.6 is 0 Å². The SMILES string of the molecule is CCCC(=O)NCC1CCCN(C(=O)C2(S(=O)(=O)c3cc(C)ccc3C)CCCC2)C1. The molecule has 1 saturated carbocycles. The zero-order valence-corrected chi connectivity index (χ0v) is 19.9. The maximum Gasteiger partial charge on any atom is 0.244 e. The fourth-order valence-corrected chi connectivity index (χ4v) is 7.47. The number of hydrogen-bond acceptors (Lipinski definition) is 4. The van der Waals surface area contributed by atoms with Gasteiger partial charge in [-0.25, -0.2) is 8.42 Å². The van der Waals surface area contributed by atoms with Crippen molar-refractivity contribution in [3.05, 3.63) is 29.3 Å². The summed E-state index contributed by atoms with van der Waals surface area (Å²) in [4.78, 5) is 27.7. The normalized spacial score (nSPS) is 21.1. The Hall–Kier alpha value is -1.89. The van der Waals surface area contributed by atoms with E-state index in [4.69, 9.17) is 0 Å². The minimum absolute atomic E-state index is 0.0377. The Labute approximate surface area is 186 Å². The van der Waals surface area contributed by atoms with E-state index >= 15 is 0 Å². The fourth-order valence-electron chi connectivity index (χ4n) is 5.03. The molecule has 3 rings (SSSR count). The van der Waals surface area contributed by atoms with E-state index in [1.54, 1.807) is 17.9 Å². The third kappa shape index (κ3) is 4.81. The van der Waals surface area contributed by atoms with E-state index in [1.807, 2.05) is 26.0 Å². The summed E-state index contributed by atoms with van der Waals surface area (Å²) < 4.78 is 26.4. The number of amides is 2. The molecule has 2 amide bonds. The maximum absolute atomic E-state index is 13.9. The maximum atomic E-state index is 13.9. The predicted octanol–water partition coefficient (Wildman–Crippen LogP) is 3.54. The van der Waals surface area contributed by atoms with Gasteiger partial charge in [0.25, 0.3) is 0 Å². The molecule has 1 saturated heterocycles. The van der Waals surface area contributed by atoms with Crippen molar-refractivity contribution < 1.29 is 18.0 Å². The van der Waals surface area contributed by atoms with Gasteiger partial charge < -0.3 is 10.2 Å². The Morgan fingerprint density at radius 3 is 2.55 bits per heavy atom. The van der Waals surface area contributed by atoms with Crippen LogP contribution in [0.4, 0.5) is 0 Å². The van der Waals surface area contributed by atoms with Crippen LogP contribution < -0.4 is 5.32 Å². The second-order valence-corrected chi connectivity index (χ2v) is 11.5. The summed E-state index contributed by atoms with van der Waals surface area (Å²) in [5, 5.41) is 2.97. The number of aryl methyl sites for hydroxylation is 2. The first-order valence-electron chi connectivity index (χ1n) is 11.6. The quantitative estimate of drug-likeness (QED) is 0.691. The van der Waals surface area contributed by atoms with Gasteiger partial charge in [0.2, 0.25) is 11.8 Å². The average Bonchev–Trinajstić information content (AvgIpc) is 3.26. The van der Waals surface area contributed by atoms with Crippen LogP contribution in [-0.2, 0) is 19.4 Å². The zero-order valence-electron chi connectivity index (χ0n) is 19.1. The molecule has 6 nitrogen and oxygen atoms in total. The van der Waals surface area contributed by atoms with Gasteiger partial charge >= 0.3 is 0 Å². The summed E-state index contributed by atoms with van der Waals surface area (Å²) in [5.41, 5.74) is 1.57. The minimum atomic E-state index is -3.81. The van der Waals surface area contributed by atoms with Crippen molar-refractivity contribution in [1.82, 2.24) is 10.2 Å². The van der Waals surface area contributed by atoms with Crippen molar-refractivity contribution in [2.24, 2.45) is 5.92 Å². The van der Waals surface area contributed by atoms with Crippen molar-refractivity contribution >= 4 is 21.7 Å². The first-order chi connectivity index (χ1) is 14.7. The lowest BCUT2D eigenvalue weighted by molar-refractivity contribution is -0.135. The number of rotatable bonds is 7. The number of nitrogens with zero attached hydrogens (tertiary/aromatic N) is 1. The van der Waals surface area contributed by atoms with Gasteiger partial charge in [-0.2, -0.15) is 0 Å². The first kappa shape index (κ1) is 23.8. The van der Waals surface area contributed by atoms with Crippen molar-refractivity contribution in [1.29, 1.82) is 0 Å².